The SMILES string of the molecule is Cc1ccc(NC(=O)c2ccc(N3CCC4(CC3)OCCO4)nn2)cc1C. The summed E-state index contributed by atoms with van der Waals surface area (Å²) < 4.78 is 11.5. The molecule has 1 N–H and O–H groups in total. The van der Waals surface area contributed by atoms with Gasteiger partial charge in [0, 0.05) is 31.6 Å². The maximum absolute atomic E-state index is 12.4. The first-order chi connectivity index (χ1) is 13.0. The molecule has 0 unspecified atom stereocenters. The number of amides is 1. The Morgan fingerprint density at radius 2 is 1.78 bits per heavy atom. The van der Waals surface area contributed by atoms with E-state index in [4.69, 9.17) is 9.47 Å². The number of carbonyl (C=O) groups excluding carboxylic acids is 1. The Balaban J connectivity index is 1.38. The highest BCUT2D eigenvalue weighted by Gasteiger charge is 2.40. The van der Waals surface area contributed by atoms with Crippen molar-refractivity contribution in [1.29, 1.82) is 0 Å². The summed E-state index contributed by atoms with van der Waals surface area (Å²) in [6, 6.07) is 9.38. The topological polar surface area (TPSA) is 76.6 Å². The van der Waals surface area contributed by atoms with Gasteiger partial charge in [-0.25, -0.2) is 0 Å². The van der Waals surface area contributed by atoms with E-state index in [1.54, 1.807) is 6.07 Å². The highest BCUT2D eigenvalue weighted by atomic mass is 16.7. The smallest absolute Gasteiger partial charge is 0.276 e. The lowest BCUT2D eigenvalue weighted by Gasteiger charge is -2.37. The van der Waals surface area contributed by atoms with Gasteiger partial charge in [-0.15, -0.1) is 10.2 Å². The largest absolute Gasteiger partial charge is 0.355 e. The van der Waals surface area contributed by atoms with Crippen LogP contribution in [0.25, 0.3) is 0 Å². The number of aromatic nitrogens is 2. The third kappa shape index (κ3) is 3.79. The average Bonchev–Trinajstić information content (AvgIpc) is 3.13. The van der Waals surface area contributed by atoms with E-state index in [1.165, 1.54) is 5.56 Å². The third-order valence-corrected chi connectivity index (χ3v) is 5.31. The fourth-order valence-corrected chi connectivity index (χ4v) is 3.49. The van der Waals surface area contributed by atoms with E-state index >= 15 is 0 Å². The number of hydrogen-bond donors (Lipinski definition) is 1. The minimum Gasteiger partial charge on any atom is -0.355 e. The van der Waals surface area contributed by atoms with Crippen LogP contribution in [0.3, 0.4) is 0 Å². The Bertz CT molecular complexity index is 822. The fourth-order valence-electron chi connectivity index (χ4n) is 3.49. The molecule has 7 nitrogen and oxygen atoms in total. The second kappa shape index (κ2) is 7.25. The summed E-state index contributed by atoms with van der Waals surface area (Å²) in [6.45, 7) is 6.99. The number of nitrogens with zero attached hydrogens (tertiary/aromatic N) is 3. The minimum atomic E-state index is -0.407. The number of nitrogens with one attached hydrogen (secondary N) is 1. The zero-order valence-corrected chi connectivity index (χ0v) is 15.7. The van der Waals surface area contributed by atoms with Gasteiger partial charge in [0.2, 0.25) is 0 Å². The summed E-state index contributed by atoms with van der Waals surface area (Å²) in [7, 11) is 0. The van der Waals surface area contributed by atoms with Crippen molar-refractivity contribution in [3.63, 3.8) is 0 Å². The van der Waals surface area contributed by atoms with Gasteiger partial charge in [0.25, 0.3) is 5.91 Å². The molecule has 3 heterocycles. The molecule has 1 aromatic heterocycles. The first-order valence-electron chi connectivity index (χ1n) is 9.30. The molecule has 142 valence electrons. The van der Waals surface area contributed by atoms with Crippen molar-refractivity contribution in [3.8, 4) is 0 Å². The zero-order chi connectivity index (χ0) is 18.9. The Labute approximate surface area is 158 Å². The number of piperidine rings is 1. The molecule has 0 aliphatic carbocycles. The molecular formula is C20H24N4O3. The van der Waals surface area contributed by atoms with E-state index in [9.17, 15) is 4.79 Å². The molecule has 0 saturated carbocycles. The van der Waals surface area contributed by atoms with Crippen molar-refractivity contribution in [3.05, 3.63) is 47.2 Å². The lowest BCUT2D eigenvalue weighted by atomic mass is 10.0. The number of benzene rings is 1. The molecule has 2 aliphatic heterocycles. The Morgan fingerprint density at radius 1 is 1.04 bits per heavy atom. The molecule has 1 amide bonds. The van der Waals surface area contributed by atoms with Crippen LogP contribution in [0.15, 0.2) is 30.3 Å². The first-order valence-corrected chi connectivity index (χ1v) is 9.30. The van der Waals surface area contributed by atoms with Crippen LogP contribution in [0, 0.1) is 13.8 Å². The van der Waals surface area contributed by atoms with Gasteiger partial charge in [-0.05, 0) is 49.2 Å². The molecule has 1 spiro atoms. The Morgan fingerprint density at radius 3 is 2.41 bits per heavy atom. The van der Waals surface area contributed by atoms with Crippen LogP contribution in [0.1, 0.15) is 34.5 Å². The third-order valence-electron chi connectivity index (χ3n) is 5.31. The van der Waals surface area contributed by atoms with E-state index in [0.29, 0.717) is 18.9 Å². The monoisotopic (exact) mass is 368 g/mol. The van der Waals surface area contributed by atoms with Crippen molar-refractivity contribution < 1.29 is 14.3 Å². The fraction of sp³-hybridized carbons (Fsp3) is 0.450. The molecule has 1 aromatic carbocycles. The summed E-state index contributed by atoms with van der Waals surface area (Å²) in [5.41, 5.74) is 3.38. The molecule has 0 bridgehead atoms. The van der Waals surface area contributed by atoms with Crippen LogP contribution >= 0.6 is 0 Å². The van der Waals surface area contributed by atoms with Gasteiger partial charge in [0.05, 0.1) is 13.2 Å². The lowest BCUT2D eigenvalue weighted by molar-refractivity contribution is -0.169. The van der Waals surface area contributed by atoms with Gasteiger partial charge < -0.3 is 19.7 Å². The Hall–Kier alpha value is -2.51. The number of anilines is 2. The van der Waals surface area contributed by atoms with Crippen LogP contribution in [0.4, 0.5) is 11.5 Å². The number of carbonyl (C=O) groups is 1. The normalized spacial score (nSPS) is 18.7. The van der Waals surface area contributed by atoms with Crippen molar-refractivity contribution in [2.24, 2.45) is 0 Å². The van der Waals surface area contributed by atoms with E-state index in [-0.39, 0.29) is 5.91 Å². The summed E-state index contributed by atoms with van der Waals surface area (Å²) in [6.07, 6.45) is 1.62. The molecule has 0 radical (unpaired) electrons. The van der Waals surface area contributed by atoms with Crippen molar-refractivity contribution in [2.45, 2.75) is 32.5 Å². The van der Waals surface area contributed by atoms with Crippen LogP contribution in [0.5, 0.6) is 0 Å². The quantitative estimate of drug-likeness (QED) is 0.898. The molecule has 0 atom stereocenters. The molecule has 2 saturated heterocycles. The van der Waals surface area contributed by atoms with Crippen molar-refractivity contribution in [2.75, 3.05) is 36.5 Å². The zero-order valence-electron chi connectivity index (χ0n) is 15.7. The highest BCUT2D eigenvalue weighted by Crippen LogP contribution is 2.32. The van der Waals surface area contributed by atoms with E-state index in [0.717, 1.165) is 43.0 Å². The molecule has 4 rings (SSSR count). The number of aryl methyl sites for hydroxylation is 2. The molecule has 2 aliphatic rings. The molecule has 2 fully saturated rings. The predicted octanol–water partition coefficient (Wildman–Crippen LogP) is 2.69. The number of rotatable bonds is 3. The van der Waals surface area contributed by atoms with Crippen LogP contribution in [0.2, 0.25) is 0 Å². The number of ether oxygens (including phenoxy) is 2. The van der Waals surface area contributed by atoms with Gasteiger partial charge in [0.15, 0.2) is 17.3 Å². The molecular weight excluding hydrogens is 344 g/mol. The van der Waals surface area contributed by atoms with Crippen LogP contribution in [-0.2, 0) is 9.47 Å². The lowest BCUT2D eigenvalue weighted by Crippen LogP contribution is -2.45. The van der Waals surface area contributed by atoms with Gasteiger partial charge in [0.1, 0.15) is 0 Å². The van der Waals surface area contributed by atoms with E-state index in [2.05, 4.69) is 20.4 Å². The maximum atomic E-state index is 12.4. The summed E-state index contributed by atoms with van der Waals surface area (Å²) in [4.78, 5) is 14.6. The summed E-state index contributed by atoms with van der Waals surface area (Å²) in [5.74, 6) is 0.101. The van der Waals surface area contributed by atoms with Gasteiger partial charge in [-0.1, -0.05) is 6.07 Å². The van der Waals surface area contributed by atoms with Gasteiger partial charge in [-0.2, -0.15) is 0 Å². The van der Waals surface area contributed by atoms with Crippen LogP contribution < -0.4 is 10.2 Å². The second-order valence-corrected chi connectivity index (χ2v) is 7.12. The minimum absolute atomic E-state index is 0.261. The molecule has 2 aromatic rings. The van der Waals surface area contributed by atoms with E-state index in [1.807, 2.05) is 38.1 Å². The summed E-state index contributed by atoms with van der Waals surface area (Å²) in [5, 5.41) is 11.2. The first kappa shape index (κ1) is 17.9. The highest BCUT2D eigenvalue weighted by molar-refractivity contribution is 6.02. The van der Waals surface area contributed by atoms with Gasteiger partial charge >= 0.3 is 0 Å². The van der Waals surface area contributed by atoms with Crippen LogP contribution in [-0.4, -0.2) is 48.2 Å². The molecule has 7 heteroatoms. The van der Waals surface area contributed by atoms with Crippen molar-refractivity contribution in [1.82, 2.24) is 10.2 Å². The standard InChI is InChI=1S/C20H24N4O3/c1-14-3-4-16(13-15(14)2)21-19(25)17-5-6-18(23-22-17)24-9-7-20(8-10-24)26-11-12-27-20/h3-6,13H,7-12H2,1-2H3,(H,21,25). The Kier molecular flexibility index (Phi) is 4.80. The van der Waals surface area contributed by atoms with Gasteiger partial charge in [-0.3, -0.25) is 4.79 Å². The molecule has 27 heavy (non-hydrogen) atoms. The second-order valence-electron chi connectivity index (χ2n) is 7.12. The maximum Gasteiger partial charge on any atom is 0.276 e. The van der Waals surface area contributed by atoms with E-state index < -0.39 is 5.79 Å². The summed E-state index contributed by atoms with van der Waals surface area (Å²) >= 11 is 0. The average molecular weight is 368 g/mol. The predicted molar refractivity (Wildman–Crippen MR) is 102 cm³/mol. The number of hydrogen-bond acceptors (Lipinski definition) is 6. The van der Waals surface area contributed by atoms with Crippen molar-refractivity contribution >= 4 is 17.4 Å².